The molecule has 0 aliphatic carbocycles. The van der Waals surface area contributed by atoms with Crippen molar-refractivity contribution in [2.75, 3.05) is 18.1 Å². The van der Waals surface area contributed by atoms with Gasteiger partial charge in [0.05, 0.1) is 40.7 Å². The molecule has 0 bridgehead atoms. The molecule has 1 aliphatic rings. The summed E-state index contributed by atoms with van der Waals surface area (Å²) in [5.41, 5.74) is 11.8. The first kappa shape index (κ1) is 36.9. The Morgan fingerprint density at radius 1 is 0.945 bits per heavy atom. The minimum atomic E-state index is -0.129. The fourth-order valence-electron chi connectivity index (χ4n) is 8.50. The van der Waals surface area contributed by atoms with Crippen molar-refractivity contribution < 1.29 is 14.6 Å². The number of pyridine rings is 1. The number of aliphatic hydroxyl groups is 1. The van der Waals surface area contributed by atoms with Crippen LogP contribution in [0.1, 0.15) is 69.2 Å². The van der Waals surface area contributed by atoms with Crippen LogP contribution in [0.5, 0.6) is 5.75 Å². The van der Waals surface area contributed by atoms with Crippen molar-refractivity contribution in [3.63, 3.8) is 0 Å². The van der Waals surface area contributed by atoms with Gasteiger partial charge in [0, 0.05) is 76.9 Å². The van der Waals surface area contributed by atoms with Gasteiger partial charge < -0.3 is 23.9 Å². The SMILES string of the molecule is Cc1cc(OCCCc2c3n(c4c(-c5c(C)nn(C)c5C)c(Cl)ccc24)[C@H](C)CN(c2cccc4cc(CO)n(Cc5ccncc5)c24)C3=O)cc(C)c1Cl. The Kier molecular flexibility index (Phi) is 9.74. The molecule has 0 unspecified atom stereocenters. The van der Waals surface area contributed by atoms with Crippen LogP contribution in [0.15, 0.2) is 73.1 Å². The Balaban J connectivity index is 1.27. The van der Waals surface area contributed by atoms with Crippen molar-refractivity contribution in [1.29, 1.82) is 0 Å². The third-order valence-electron chi connectivity index (χ3n) is 11.1. The lowest BCUT2D eigenvalue weighted by Crippen LogP contribution is -2.43. The van der Waals surface area contributed by atoms with Gasteiger partial charge in [0.25, 0.3) is 5.91 Å². The minimum absolute atomic E-state index is 0.0782. The van der Waals surface area contributed by atoms with E-state index in [0.717, 1.165) is 88.7 Å². The van der Waals surface area contributed by atoms with Gasteiger partial charge in [0.2, 0.25) is 0 Å². The summed E-state index contributed by atoms with van der Waals surface area (Å²) in [6, 6.07) is 19.8. The van der Waals surface area contributed by atoms with Crippen LogP contribution in [-0.4, -0.2) is 48.1 Å². The number of aryl methyl sites for hydroxylation is 5. The molecule has 0 radical (unpaired) electrons. The molecule has 1 N–H and O–H groups in total. The summed E-state index contributed by atoms with van der Waals surface area (Å²) in [6.07, 6.45) is 4.84. The molecule has 1 amide bonds. The molecule has 8 rings (SSSR count). The second-order valence-electron chi connectivity index (χ2n) is 14.7. The van der Waals surface area contributed by atoms with Crippen LogP contribution in [0.2, 0.25) is 10.0 Å². The maximum atomic E-state index is 15.3. The highest BCUT2D eigenvalue weighted by Crippen LogP contribution is 2.46. The lowest BCUT2D eigenvalue weighted by atomic mass is 9.98. The number of hydrogen-bond acceptors (Lipinski definition) is 5. The van der Waals surface area contributed by atoms with Crippen molar-refractivity contribution in [3.05, 3.63) is 128 Å². The number of carbonyl (C=O) groups is 1. The number of para-hydroxylation sites is 1. The van der Waals surface area contributed by atoms with Crippen molar-refractivity contribution in [2.45, 2.75) is 66.7 Å². The minimum Gasteiger partial charge on any atom is -0.494 e. The van der Waals surface area contributed by atoms with E-state index in [0.29, 0.717) is 43.3 Å². The highest BCUT2D eigenvalue weighted by molar-refractivity contribution is 6.35. The number of fused-ring (bicyclic) bond motifs is 4. The summed E-state index contributed by atoms with van der Waals surface area (Å²) in [4.78, 5) is 21.4. The normalized spacial score (nSPS) is 14.4. The average Bonchev–Trinajstić information content (AvgIpc) is 3.79. The Morgan fingerprint density at radius 3 is 2.38 bits per heavy atom. The summed E-state index contributed by atoms with van der Waals surface area (Å²) in [5, 5.41) is 18.6. The number of amides is 1. The Bertz CT molecular complexity index is 2600. The van der Waals surface area contributed by atoms with E-state index >= 15 is 4.79 Å². The maximum Gasteiger partial charge on any atom is 0.275 e. The first-order valence-electron chi connectivity index (χ1n) is 18.7. The van der Waals surface area contributed by atoms with Gasteiger partial charge in [-0.05, 0) is 112 Å². The predicted molar refractivity (Wildman–Crippen MR) is 221 cm³/mol. The van der Waals surface area contributed by atoms with Gasteiger partial charge >= 0.3 is 0 Å². The van der Waals surface area contributed by atoms with E-state index < -0.39 is 0 Å². The number of nitrogens with zero attached hydrogens (tertiary/aromatic N) is 6. The van der Waals surface area contributed by atoms with Gasteiger partial charge in [-0.1, -0.05) is 41.4 Å². The first-order valence-corrected chi connectivity index (χ1v) is 19.4. The van der Waals surface area contributed by atoms with Gasteiger partial charge in [-0.25, -0.2) is 0 Å². The molecule has 0 spiro atoms. The van der Waals surface area contributed by atoms with E-state index in [-0.39, 0.29) is 18.6 Å². The zero-order chi connectivity index (χ0) is 38.7. The van der Waals surface area contributed by atoms with Crippen LogP contribution >= 0.6 is 23.2 Å². The summed E-state index contributed by atoms with van der Waals surface area (Å²) >= 11 is 13.6. The van der Waals surface area contributed by atoms with E-state index in [4.69, 9.17) is 33.0 Å². The fourth-order valence-corrected chi connectivity index (χ4v) is 8.85. The Hall–Kier alpha value is -5.09. The Morgan fingerprint density at radius 2 is 1.69 bits per heavy atom. The molecule has 3 aromatic carbocycles. The molecule has 1 atom stereocenters. The van der Waals surface area contributed by atoms with Gasteiger partial charge in [0.15, 0.2) is 0 Å². The second kappa shape index (κ2) is 14.5. The number of aromatic nitrogens is 5. The molecule has 11 heteroatoms. The van der Waals surface area contributed by atoms with Gasteiger partial charge in [-0.2, -0.15) is 5.10 Å². The number of carbonyl (C=O) groups excluding carboxylic acids is 1. The van der Waals surface area contributed by atoms with Crippen LogP contribution in [0.3, 0.4) is 0 Å². The number of anilines is 1. The van der Waals surface area contributed by atoms with Crippen LogP contribution in [0.25, 0.3) is 32.9 Å². The molecule has 4 aromatic heterocycles. The van der Waals surface area contributed by atoms with Crippen molar-refractivity contribution in [2.24, 2.45) is 7.05 Å². The molecule has 55 heavy (non-hydrogen) atoms. The molecule has 1 aliphatic heterocycles. The molecule has 7 aromatic rings. The van der Waals surface area contributed by atoms with E-state index in [1.54, 1.807) is 12.4 Å². The monoisotopic (exact) mass is 774 g/mol. The van der Waals surface area contributed by atoms with Crippen molar-refractivity contribution in [1.82, 2.24) is 23.9 Å². The summed E-state index contributed by atoms with van der Waals surface area (Å²) < 4.78 is 12.5. The van der Waals surface area contributed by atoms with Crippen LogP contribution in [0, 0.1) is 27.7 Å². The summed E-state index contributed by atoms with van der Waals surface area (Å²) in [7, 11) is 1.94. The van der Waals surface area contributed by atoms with Crippen molar-refractivity contribution >= 4 is 56.6 Å². The molecule has 5 heterocycles. The number of rotatable bonds is 10. The van der Waals surface area contributed by atoms with Gasteiger partial charge in [-0.3, -0.25) is 14.5 Å². The van der Waals surface area contributed by atoms with Crippen LogP contribution in [-0.2, 0) is 26.6 Å². The van der Waals surface area contributed by atoms with Crippen molar-refractivity contribution in [3.8, 4) is 16.9 Å². The number of halogens is 2. The molecule has 0 fully saturated rings. The zero-order valence-electron chi connectivity index (χ0n) is 32.0. The number of benzene rings is 3. The molecule has 9 nitrogen and oxygen atoms in total. The number of hydrogen-bond donors (Lipinski definition) is 1. The fraction of sp³-hybridized carbons (Fsp3) is 0.295. The topological polar surface area (TPSA) is 90.3 Å². The number of ether oxygens (including phenoxy) is 1. The van der Waals surface area contributed by atoms with Gasteiger partial charge in [0.1, 0.15) is 11.4 Å². The standard InChI is InChI=1S/C44H44Cl2N6O3/c1-25-19-33(20-26(2)40(25)46)55-18-8-10-34-35-12-13-36(45)39(38-28(4)48-49(6)29(38)5)42(35)52-27(3)22-51(44(54)43(34)52)37-11-7-9-31-21-32(24-53)50(41(31)37)23-30-14-16-47-17-15-30/h7,9,11-17,19-21,27,53H,8,10,18,22-24H2,1-6H3/t27-/m1/s1. The average molecular weight is 776 g/mol. The van der Waals surface area contributed by atoms with Crippen LogP contribution in [0.4, 0.5) is 5.69 Å². The molecular formula is C44H44Cl2N6O3. The first-order chi connectivity index (χ1) is 26.5. The maximum absolute atomic E-state index is 15.3. The third-order valence-corrected chi connectivity index (χ3v) is 12.0. The predicted octanol–water partition coefficient (Wildman–Crippen LogP) is 9.71. The second-order valence-corrected chi connectivity index (χ2v) is 15.5. The lowest BCUT2D eigenvalue weighted by molar-refractivity contribution is 0.0957. The highest BCUT2D eigenvalue weighted by Gasteiger charge is 2.37. The van der Waals surface area contributed by atoms with E-state index in [2.05, 4.69) is 34.0 Å². The summed E-state index contributed by atoms with van der Waals surface area (Å²) in [5.74, 6) is 0.700. The smallest absolute Gasteiger partial charge is 0.275 e. The third kappa shape index (κ3) is 6.28. The largest absolute Gasteiger partial charge is 0.494 e. The van der Waals surface area contributed by atoms with Gasteiger partial charge in [-0.15, -0.1) is 0 Å². The number of aliphatic hydroxyl groups excluding tert-OH is 1. The van der Waals surface area contributed by atoms with E-state index in [1.807, 2.05) is 92.0 Å². The summed E-state index contributed by atoms with van der Waals surface area (Å²) in [6.45, 7) is 11.5. The van der Waals surface area contributed by atoms with E-state index in [9.17, 15) is 5.11 Å². The molecule has 0 saturated heterocycles. The van der Waals surface area contributed by atoms with Crippen LogP contribution < -0.4 is 9.64 Å². The lowest BCUT2D eigenvalue weighted by Gasteiger charge is -2.35. The van der Waals surface area contributed by atoms with E-state index in [1.165, 1.54) is 0 Å². The quantitative estimate of drug-likeness (QED) is 0.140. The Labute approximate surface area is 330 Å². The highest BCUT2D eigenvalue weighted by atomic mass is 35.5. The molecule has 0 saturated carbocycles. The molecule has 282 valence electrons. The zero-order valence-corrected chi connectivity index (χ0v) is 33.5. The molecular weight excluding hydrogens is 731 g/mol.